The van der Waals surface area contributed by atoms with Gasteiger partial charge in [0.05, 0.1) is 0 Å². The molecule has 1 atom stereocenters. The molecule has 0 heterocycles. The largest absolute Gasteiger partial charge is 0.319 e. The lowest BCUT2D eigenvalue weighted by atomic mass is 9.70. The second-order valence-electron chi connectivity index (χ2n) is 6.39. The first-order valence-electron chi connectivity index (χ1n) is 7.38. The molecule has 1 aliphatic rings. The normalized spacial score (nSPS) is 31.8. The van der Waals surface area contributed by atoms with Crippen LogP contribution >= 0.6 is 0 Å². The molecule has 1 saturated carbocycles. The summed E-state index contributed by atoms with van der Waals surface area (Å²) in [4.78, 5) is 2.56. The Bertz CT molecular complexity index is 207. The van der Waals surface area contributed by atoms with Gasteiger partial charge in [-0.15, -0.1) is 0 Å². The molecule has 102 valence electrons. The molecule has 0 amide bonds. The molecule has 0 spiro atoms. The van der Waals surface area contributed by atoms with Crippen LogP contribution in [0.2, 0.25) is 0 Å². The van der Waals surface area contributed by atoms with Crippen molar-refractivity contribution in [3.8, 4) is 0 Å². The zero-order valence-corrected chi connectivity index (χ0v) is 12.6. The molecule has 17 heavy (non-hydrogen) atoms. The van der Waals surface area contributed by atoms with Crippen LogP contribution in [-0.2, 0) is 0 Å². The van der Waals surface area contributed by atoms with Crippen molar-refractivity contribution in [2.24, 2.45) is 11.3 Å². The molecule has 1 N–H and O–H groups in total. The SMILES string of the molecule is CCC(C)N(C)CC1(CNC)CCC(C)CC1. The molecule has 1 unspecified atom stereocenters. The van der Waals surface area contributed by atoms with Crippen molar-refractivity contribution in [2.75, 3.05) is 27.2 Å². The third-order valence-electron chi connectivity index (χ3n) is 4.81. The van der Waals surface area contributed by atoms with E-state index in [2.05, 4.69) is 45.1 Å². The molecule has 0 bridgehead atoms. The van der Waals surface area contributed by atoms with E-state index in [4.69, 9.17) is 0 Å². The third-order valence-corrected chi connectivity index (χ3v) is 4.81. The molecule has 1 fully saturated rings. The highest BCUT2D eigenvalue weighted by Gasteiger charge is 2.35. The second kappa shape index (κ2) is 6.75. The predicted octanol–water partition coefficient (Wildman–Crippen LogP) is 3.13. The Balaban J connectivity index is 2.58. The van der Waals surface area contributed by atoms with Crippen molar-refractivity contribution in [3.63, 3.8) is 0 Å². The first kappa shape index (κ1) is 15.0. The molecule has 2 heteroatoms. The van der Waals surface area contributed by atoms with Crippen molar-refractivity contribution in [3.05, 3.63) is 0 Å². The van der Waals surface area contributed by atoms with E-state index in [1.807, 2.05) is 0 Å². The van der Waals surface area contributed by atoms with Crippen LogP contribution in [0.3, 0.4) is 0 Å². The van der Waals surface area contributed by atoms with E-state index in [0.29, 0.717) is 11.5 Å². The molecule has 0 radical (unpaired) electrons. The lowest BCUT2D eigenvalue weighted by Crippen LogP contribution is -2.46. The summed E-state index contributed by atoms with van der Waals surface area (Å²) in [5.74, 6) is 0.939. The average molecular weight is 240 g/mol. The highest BCUT2D eigenvalue weighted by Crippen LogP contribution is 2.39. The Hall–Kier alpha value is -0.0800. The maximum absolute atomic E-state index is 3.43. The van der Waals surface area contributed by atoms with Crippen LogP contribution < -0.4 is 5.32 Å². The van der Waals surface area contributed by atoms with Crippen LogP contribution in [0.1, 0.15) is 52.9 Å². The Morgan fingerprint density at radius 3 is 2.41 bits per heavy atom. The number of nitrogens with zero attached hydrogens (tertiary/aromatic N) is 1. The molecule has 1 rings (SSSR count). The van der Waals surface area contributed by atoms with Gasteiger partial charge in [-0.05, 0) is 51.6 Å². The second-order valence-corrected chi connectivity index (χ2v) is 6.39. The highest BCUT2D eigenvalue weighted by atomic mass is 15.1. The van der Waals surface area contributed by atoms with Gasteiger partial charge >= 0.3 is 0 Å². The van der Waals surface area contributed by atoms with Gasteiger partial charge in [0, 0.05) is 19.1 Å². The van der Waals surface area contributed by atoms with Gasteiger partial charge in [0.1, 0.15) is 0 Å². The molecular formula is C15H32N2. The average Bonchev–Trinajstić information content (AvgIpc) is 2.32. The fourth-order valence-electron chi connectivity index (χ4n) is 3.14. The van der Waals surface area contributed by atoms with Crippen molar-refractivity contribution in [1.82, 2.24) is 10.2 Å². The highest BCUT2D eigenvalue weighted by molar-refractivity contribution is 4.89. The minimum atomic E-state index is 0.527. The number of nitrogens with one attached hydrogen (secondary N) is 1. The van der Waals surface area contributed by atoms with Gasteiger partial charge in [0.15, 0.2) is 0 Å². The van der Waals surface area contributed by atoms with Crippen LogP contribution in [0.5, 0.6) is 0 Å². The van der Waals surface area contributed by atoms with E-state index < -0.39 is 0 Å². The maximum atomic E-state index is 3.43. The fraction of sp³-hybridized carbons (Fsp3) is 1.00. The summed E-state index contributed by atoms with van der Waals surface area (Å²) in [6.45, 7) is 9.48. The van der Waals surface area contributed by atoms with E-state index in [1.54, 1.807) is 0 Å². The summed E-state index contributed by atoms with van der Waals surface area (Å²) in [7, 11) is 4.40. The quantitative estimate of drug-likeness (QED) is 0.767. The standard InChI is InChI=1S/C15H32N2/c1-6-14(3)17(5)12-15(11-16-4)9-7-13(2)8-10-15/h13-14,16H,6-12H2,1-5H3. The number of rotatable bonds is 6. The van der Waals surface area contributed by atoms with E-state index >= 15 is 0 Å². The van der Waals surface area contributed by atoms with Gasteiger partial charge in [-0.2, -0.15) is 0 Å². The molecule has 0 aromatic carbocycles. The summed E-state index contributed by atoms with van der Waals surface area (Å²) < 4.78 is 0. The number of hydrogen-bond donors (Lipinski definition) is 1. The molecule has 0 aromatic rings. The molecule has 1 aliphatic carbocycles. The zero-order valence-electron chi connectivity index (χ0n) is 12.6. The van der Waals surface area contributed by atoms with Crippen molar-refractivity contribution < 1.29 is 0 Å². The Labute approximate surface area is 108 Å². The Kier molecular flexibility index (Phi) is 5.94. The van der Waals surface area contributed by atoms with Gasteiger partial charge in [0.25, 0.3) is 0 Å². The van der Waals surface area contributed by atoms with Crippen molar-refractivity contribution in [2.45, 2.75) is 58.9 Å². The zero-order chi connectivity index (χ0) is 12.9. The van der Waals surface area contributed by atoms with E-state index in [-0.39, 0.29) is 0 Å². The fourth-order valence-corrected chi connectivity index (χ4v) is 3.14. The molecule has 0 saturated heterocycles. The topological polar surface area (TPSA) is 15.3 Å². The van der Waals surface area contributed by atoms with Crippen LogP contribution in [0.4, 0.5) is 0 Å². The van der Waals surface area contributed by atoms with Gasteiger partial charge in [-0.25, -0.2) is 0 Å². The monoisotopic (exact) mass is 240 g/mol. The van der Waals surface area contributed by atoms with Crippen LogP contribution in [0, 0.1) is 11.3 Å². The van der Waals surface area contributed by atoms with Crippen molar-refractivity contribution in [1.29, 1.82) is 0 Å². The molecule has 0 aromatic heterocycles. The van der Waals surface area contributed by atoms with Gasteiger partial charge in [-0.1, -0.05) is 26.7 Å². The summed E-state index contributed by atoms with van der Waals surface area (Å²) in [6, 6.07) is 0.711. The van der Waals surface area contributed by atoms with Gasteiger partial charge in [-0.3, -0.25) is 0 Å². The lowest BCUT2D eigenvalue weighted by Gasteiger charge is -2.43. The van der Waals surface area contributed by atoms with Gasteiger partial charge in [0.2, 0.25) is 0 Å². The van der Waals surface area contributed by atoms with Crippen LogP contribution in [0.25, 0.3) is 0 Å². The smallest absolute Gasteiger partial charge is 0.00614 e. The Morgan fingerprint density at radius 1 is 1.35 bits per heavy atom. The Morgan fingerprint density at radius 2 is 1.94 bits per heavy atom. The number of hydrogen-bond acceptors (Lipinski definition) is 2. The molecule has 0 aliphatic heterocycles. The van der Waals surface area contributed by atoms with Crippen molar-refractivity contribution >= 4 is 0 Å². The lowest BCUT2D eigenvalue weighted by molar-refractivity contribution is 0.0829. The predicted molar refractivity (Wildman–Crippen MR) is 76.4 cm³/mol. The maximum Gasteiger partial charge on any atom is 0.00614 e. The van der Waals surface area contributed by atoms with E-state index in [0.717, 1.165) is 5.92 Å². The van der Waals surface area contributed by atoms with E-state index in [1.165, 1.54) is 45.2 Å². The van der Waals surface area contributed by atoms with Crippen LogP contribution in [0.15, 0.2) is 0 Å². The summed E-state index contributed by atoms with van der Waals surface area (Å²) in [6.07, 6.45) is 6.88. The molecular weight excluding hydrogens is 208 g/mol. The third kappa shape index (κ3) is 4.26. The minimum Gasteiger partial charge on any atom is -0.319 e. The van der Waals surface area contributed by atoms with Crippen LogP contribution in [-0.4, -0.2) is 38.1 Å². The first-order chi connectivity index (χ1) is 8.03. The first-order valence-corrected chi connectivity index (χ1v) is 7.38. The summed E-state index contributed by atoms with van der Waals surface area (Å²) >= 11 is 0. The summed E-state index contributed by atoms with van der Waals surface area (Å²) in [5.41, 5.74) is 0.527. The minimum absolute atomic E-state index is 0.527. The van der Waals surface area contributed by atoms with Gasteiger partial charge < -0.3 is 10.2 Å². The molecule has 2 nitrogen and oxygen atoms in total. The summed E-state index contributed by atoms with van der Waals surface area (Å²) in [5, 5.41) is 3.43. The van der Waals surface area contributed by atoms with E-state index in [9.17, 15) is 0 Å².